The molecule has 1 nitrogen and oxygen atoms in total. The SMILES string of the molecule is Ic1cnsc1C1CC1. The molecule has 0 saturated heterocycles. The minimum Gasteiger partial charge on any atom is -0.200 e. The molecule has 48 valence electrons. The summed E-state index contributed by atoms with van der Waals surface area (Å²) < 4.78 is 5.48. The van der Waals surface area contributed by atoms with Crippen LogP contribution >= 0.6 is 34.1 Å². The van der Waals surface area contributed by atoms with Crippen LogP contribution in [0.1, 0.15) is 23.6 Å². The van der Waals surface area contributed by atoms with Gasteiger partial charge in [0.15, 0.2) is 0 Å². The summed E-state index contributed by atoms with van der Waals surface area (Å²) in [6.07, 6.45) is 4.73. The van der Waals surface area contributed by atoms with Crippen molar-refractivity contribution in [3.8, 4) is 0 Å². The van der Waals surface area contributed by atoms with E-state index in [1.54, 1.807) is 11.5 Å². The van der Waals surface area contributed by atoms with Crippen LogP contribution < -0.4 is 0 Å². The van der Waals surface area contributed by atoms with E-state index in [0.717, 1.165) is 5.92 Å². The molecule has 0 atom stereocenters. The molecule has 0 aromatic carbocycles. The Balaban J connectivity index is 2.35. The van der Waals surface area contributed by atoms with Crippen LogP contribution in [0.15, 0.2) is 6.20 Å². The Bertz CT molecular complexity index is 217. The van der Waals surface area contributed by atoms with Crippen molar-refractivity contribution < 1.29 is 0 Å². The average molecular weight is 251 g/mol. The van der Waals surface area contributed by atoms with Gasteiger partial charge >= 0.3 is 0 Å². The molecule has 0 unspecified atom stereocenters. The van der Waals surface area contributed by atoms with Gasteiger partial charge < -0.3 is 0 Å². The van der Waals surface area contributed by atoms with Gasteiger partial charge in [-0.1, -0.05) is 0 Å². The summed E-state index contributed by atoms with van der Waals surface area (Å²) in [5.41, 5.74) is 0. The molecule has 0 aliphatic heterocycles. The standard InChI is InChI=1S/C6H6INS/c7-5-3-8-9-6(5)4-1-2-4/h3-4H,1-2H2. The van der Waals surface area contributed by atoms with Crippen LogP contribution in [0.25, 0.3) is 0 Å². The fraction of sp³-hybridized carbons (Fsp3) is 0.500. The maximum absolute atomic E-state index is 4.12. The predicted molar refractivity (Wildman–Crippen MR) is 46.8 cm³/mol. The quantitative estimate of drug-likeness (QED) is 0.699. The lowest BCUT2D eigenvalue weighted by Gasteiger charge is -1.86. The van der Waals surface area contributed by atoms with Gasteiger partial charge in [-0.3, -0.25) is 0 Å². The van der Waals surface area contributed by atoms with Gasteiger partial charge in [0.05, 0.1) is 6.20 Å². The zero-order chi connectivity index (χ0) is 6.27. The van der Waals surface area contributed by atoms with Gasteiger partial charge in [-0.25, -0.2) is 0 Å². The first-order valence-corrected chi connectivity index (χ1v) is 4.83. The van der Waals surface area contributed by atoms with E-state index < -0.39 is 0 Å². The molecule has 3 heteroatoms. The molecule has 0 radical (unpaired) electrons. The third kappa shape index (κ3) is 1.12. The van der Waals surface area contributed by atoms with Crippen LogP contribution in [0.3, 0.4) is 0 Å². The largest absolute Gasteiger partial charge is 0.200 e. The normalized spacial score (nSPS) is 18.3. The van der Waals surface area contributed by atoms with E-state index in [4.69, 9.17) is 0 Å². The number of hydrogen-bond acceptors (Lipinski definition) is 2. The molecular formula is C6H6INS. The summed E-state index contributed by atoms with van der Waals surface area (Å²) in [5.74, 6) is 0.879. The second-order valence-electron chi connectivity index (χ2n) is 2.31. The van der Waals surface area contributed by atoms with Gasteiger partial charge in [0, 0.05) is 8.45 Å². The highest BCUT2D eigenvalue weighted by Gasteiger charge is 2.26. The average Bonchev–Trinajstić information content (AvgIpc) is 2.58. The molecule has 1 saturated carbocycles. The van der Waals surface area contributed by atoms with Gasteiger partial charge in [0.25, 0.3) is 0 Å². The molecule has 1 aliphatic rings. The van der Waals surface area contributed by atoms with Gasteiger partial charge in [-0.15, -0.1) is 0 Å². The number of aromatic nitrogens is 1. The summed E-state index contributed by atoms with van der Waals surface area (Å²) in [7, 11) is 0. The van der Waals surface area contributed by atoms with Gasteiger partial charge in [0.1, 0.15) is 0 Å². The number of halogens is 1. The highest BCUT2D eigenvalue weighted by atomic mass is 127. The highest BCUT2D eigenvalue weighted by molar-refractivity contribution is 14.1. The van der Waals surface area contributed by atoms with Crippen molar-refractivity contribution in [3.63, 3.8) is 0 Å². The van der Waals surface area contributed by atoms with Crippen molar-refractivity contribution in [3.05, 3.63) is 14.6 Å². The number of rotatable bonds is 1. The van der Waals surface area contributed by atoms with Crippen LogP contribution in [0.5, 0.6) is 0 Å². The van der Waals surface area contributed by atoms with Crippen molar-refractivity contribution >= 4 is 34.1 Å². The minimum atomic E-state index is 0.879. The molecule has 1 aromatic heterocycles. The highest BCUT2D eigenvalue weighted by Crippen LogP contribution is 2.43. The topological polar surface area (TPSA) is 12.9 Å². The van der Waals surface area contributed by atoms with Gasteiger partial charge in [-0.05, 0) is 52.9 Å². The molecule has 1 aromatic rings. The Labute approximate surface area is 71.8 Å². The van der Waals surface area contributed by atoms with Gasteiger partial charge in [0.2, 0.25) is 0 Å². The molecular weight excluding hydrogens is 245 g/mol. The van der Waals surface area contributed by atoms with E-state index in [9.17, 15) is 0 Å². The van der Waals surface area contributed by atoms with Crippen molar-refractivity contribution in [1.82, 2.24) is 4.37 Å². The molecule has 1 heterocycles. The number of hydrogen-bond donors (Lipinski definition) is 0. The monoisotopic (exact) mass is 251 g/mol. The zero-order valence-corrected chi connectivity index (χ0v) is 7.78. The zero-order valence-electron chi connectivity index (χ0n) is 4.80. The first-order chi connectivity index (χ1) is 4.38. The summed E-state index contributed by atoms with van der Waals surface area (Å²) in [4.78, 5) is 1.51. The Morgan fingerprint density at radius 3 is 2.89 bits per heavy atom. The van der Waals surface area contributed by atoms with Crippen molar-refractivity contribution in [2.45, 2.75) is 18.8 Å². The summed E-state index contributed by atoms with van der Waals surface area (Å²) >= 11 is 4.02. The van der Waals surface area contributed by atoms with Crippen LogP contribution in [0.2, 0.25) is 0 Å². The Morgan fingerprint density at radius 2 is 2.44 bits per heavy atom. The van der Waals surface area contributed by atoms with Crippen LogP contribution in [-0.2, 0) is 0 Å². The smallest absolute Gasteiger partial charge is 0.0543 e. The molecule has 1 fully saturated rings. The van der Waals surface area contributed by atoms with Crippen LogP contribution in [0, 0.1) is 3.57 Å². The lowest BCUT2D eigenvalue weighted by atomic mass is 10.3. The Hall–Kier alpha value is 0.360. The third-order valence-corrected chi connectivity index (χ3v) is 3.69. The molecule has 0 N–H and O–H groups in total. The third-order valence-electron chi connectivity index (χ3n) is 1.50. The van der Waals surface area contributed by atoms with E-state index in [-0.39, 0.29) is 0 Å². The first kappa shape index (κ1) is 6.09. The molecule has 0 spiro atoms. The predicted octanol–water partition coefficient (Wildman–Crippen LogP) is 2.63. The van der Waals surface area contributed by atoms with Crippen molar-refractivity contribution in [2.24, 2.45) is 0 Å². The fourth-order valence-corrected chi connectivity index (χ4v) is 2.71. The maximum Gasteiger partial charge on any atom is 0.0543 e. The fourth-order valence-electron chi connectivity index (χ4n) is 0.852. The van der Waals surface area contributed by atoms with E-state index >= 15 is 0 Å². The number of nitrogens with zero attached hydrogens (tertiary/aromatic N) is 1. The molecule has 2 rings (SSSR count). The first-order valence-electron chi connectivity index (χ1n) is 2.98. The Kier molecular flexibility index (Phi) is 1.49. The minimum absolute atomic E-state index is 0.879. The van der Waals surface area contributed by atoms with Crippen molar-refractivity contribution in [2.75, 3.05) is 0 Å². The lowest BCUT2D eigenvalue weighted by molar-refractivity contribution is 1.17. The van der Waals surface area contributed by atoms with Gasteiger partial charge in [-0.2, -0.15) is 4.37 Å². The van der Waals surface area contributed by atoms with Crippen LogP contribution in [-0.4, -0.2) is 4.37 Å². The van der Waals surface area contributed by atoms with E-state index in [1.165, 1.54) is 21.3 Å². The van der Waals surface area contributed by atoms with E-state index in [0.29, 0.717) is 0 Å². The summed E-state index contributed by atoms with van der Waals surface area (Å²) in [5, 5.41) is 0. The molecule has 1 aliphatic carbocycles. The van der Waals surface area contributed by atoms with E-state index in [1.807, 2.05) is 6.20 Å². The van der Waals surface area contributed by atoms with E-state index in [2.05, 4.69) is 27.0 Å². The molecule has 0 bridgehead atoms. The lowest BCUT2D eigenvalue weighted by Crippen LogP contribution is -1.71. The maximum atomic E-state index is 4.12. The summed E-state index contributed by atoms with van der Waals surface area (Å²) in [6, 6.07) is 0. The molecule has 9 heavy (non-hydrogen) atoms. The van der Waals surface area contributed by atoms with Crippen molar-refractivity contribution in [1.29, 1.82) is 0 Å². The molecule has 0 amide bonds. The van der Waals surface area contributed by atoms with Crippen LogP contribution in [0.4, 0.5) is 0 Å². The summed E-state index contributed by atoms with van der Waals surface area (Å²) in [6.45, 7) is 0. The second kappa shape index (κ2) is 2.20. The Morgan fingerprint density at radius 1 is 1.67 bits per heavy atom. The second-order valence-corrected chi connectivity index (χ2v) is 4.31.